The highest BCUT2D eigenvalue weighted by Gasteiger charge is 2.21. The third-order valence-corrected chi connectivity index (χ3v) is 6.02. The lowest BCUT2D eigenvalue weighted by molar-refractivity contribution is 0.0939. The summed E-state index contributed by atoms with van der Waals surface area (Å²) in [6.45, 7) is 1.86. The smallest absolute Gasteiger partial charge is 0.263 e. The molecule has 0 spiro atoms. The predicted octanol–water partition coefficient (Wildman–Crippen LogP) is 4.63. The largest absolute Gasteiger partial charge is 0.346 e. The highest BCUT2D eigenvalue weighted by atomic mass is 35.5. The lowest BCUT2D eigenvalue weighted by Gasteiger charge is -2.15. The number of halogens is 1. The third-order valence-electron chi connectivity index (χ3n) is 4.16. The van der Waals surface area contributed by atoms with Crippen molar-refractivity contribution in [1.82, 2.24) is 5.32 Å². The Morgan fingerprint density at radius 1 is 0.929 bits per heavy atom. The molecule has 1 amide bonds. The van der Waals surface area contributed by atoms with Gasteiger partial charge in [0, 0.05) is 11.3 Å². The van der Waals surface area contributed by atoms with Crippen molar-refractivity contribution in [1.29, 1.82) is 0 Å². The minimum Gasteiger partial charge on any atom is -0.346 e. The first-order chi connectivity index (χ1) is 13.4. The van der Waals surface area contributed by atoms with Crippen molar-refractivity contribution in [2.75, 3.05) is 4.72 Å². The molecule has 0 aliphatic heterocycles. The summed E-state index contributed by atoms with van der Waals surface area (Å²) in [6, 6.07) is 21.9. The Morgan fingerprint density at radius 3 is 2.18 bits per heavy atom. The maximum Gasteiger partial charge on any atom is 0.263 e. The van der Waals surface area contributed by atoms with Crippen molar-refractivity contribution in [3.05, 3.63) is 95.0 Å². The molecule has 0 fully saturated rings. The number of amides is 1. The van der Waals surface area contributed by atoms with Gasteiger partial charge in [-0.05, 0) is 42.8 Å². The first-order valence-electron chi connectivity index (χ1n) is 8.60. The molecule has 0 aliphatic carbocycles. The second-order valence-corrected chi connectivity index (χ2v) is 8.28. The van der Waals surface area contributed by atoms with E-state index in [9.17, 15) is 13.2 Å². The third kappa shape index (κ3) is 4.71. The average molecular weight is 415 g/mol. The van der Waals surface area contributed by atoms with E-state index in [0.29, 0.717) is 5.69 Å². The van der Waals surface area contributed by atoms with Gasteiger partial charge in [0.2, 0.25) is 0 Å². The average Bonchev–Trinajstić information content (AvgIpc) is 2.69. The maximum absolute atomic E-state index is 12.7. The number of carbonyl (C=O) groups is 1. The van der Waals surface area contributed by atoms with Crippen molar-refractivity contribution in [3.63, 3.8) is 0 Å². The number of hydrogen-bond donors (Lipinski definition) is 2. The van der Waals surface area contributed by atoms with Gasteiger partial charge >= 0.3 is 0 Å². The van der Waals surface area contributed by atoms with Crippen molar-refractivity contribution in [2.45, 2.75) is 17.9 Å². The fourth-order valence-corrected chi connectivity index (χ4v) is 4.26. The molecule has 2 N–H and O–H groups in total. The van der Waals surface area contributed by atoms with Crippen LogP contribution in [0.1, 0.15) is 28.9 Å². The second kappa shape index (κ2) is 8.46. The van der Waals surface area contributed by atoms with Gasteiger partial charge in [-0.2, -0.15) is 0 Å². The zero-order valence-electron chi connectivity index (χ0n) is 15.1. The van der Waals surface area contributed by atoms with Crippen LogP contribution in [0, 0.1) is 0 Å². The molecule has 0 saturated carbocycles. The van der Waals surface area contributed by atoms with Gasteiger partial charge in [0.1, 0.15) is 4.90 Å². The van der Waals surface area contributed by atoms with Crippen LogP contribution in [0.2, 0.25) is 5.02 Å². The fourth-order valence-electron chi connectivity index (χ4n) is 2.67. The molecule has 28 heavy (non-hydrogen) atoms. The van der Waals surface area contributed by atoms with E-state index in [4.69, 9.17) is 11.6 Å². The summed E-state index contributed by atoms with van der Waals surface area (Å²) >= 11 is 6.10. The summed E-state index contributed by atoms with van der Waals surface area (Å²) in [6.07, 6.45) is 0. The van der Waals surface area contributed by atoms with Gasteiger partial charge in [-0.1, -0.05) is 60.1 Å². The molecule has 7 heteroatoms. The first kappa shape index (κ1) is 19.9. The van der Waals surface area contributed by atoms with Gasteiger partial charge in [0.25, 0.3) is 15.9 Å². The predicted molar refractivity (Wildman–Crippen MR) is 111 cm³/mol. The fraction of sp³-hybridized carbons (Fsp3) is 0.0952. The summed E-state index contributed by atoms with van der Waals surface area (Å²) < 4.78 is 27.9. The molecule has 0 unspecified atom stereocenters. The van der Waals surface area contributed by atoms with E-state index in [2.05, 4.69) is 10.0 Å². The van der Waals surface area contributed by atoms with E-state index < -0.39 is 10.0 Å². The van der Waals surface area contributed by atoms with E-state index in [1.165, 1.54) is 18.2 Å². The molecule has 0 bridgehead atoms. The highest BCUT2D eigenvalue weighted by Crippen LogP contribution is 2.25. The molecule has 0 aromatic heterocycles. The Labute approximate surface area is 169 Å². The van der Waals surface area contributed by atoms with E-state index in [-0.39, 0.29) is 27.4 Å². The number of carbonyl (C=O) groups excluding carboxylic acids is 1. The van der Waals surface area contributed by atoms with Crippen LogP contribution in [0.5, 0.6) is 0 Å². The Balaban J connectivity index is 1.83. The normalized spacial score (nSPS) is 12.2. The van der Waals surface area contributed by atoms with E-state index in [1.54, 1.807) is 30.3 Å². The van der Waals surface area contributed by atoms with Crippen LogP contribution >= 0.6 is 11.6 Å². The topological polar surface area (TPSA) is 75.3 Å². The van der Waals surface area contributed by atoms with Crippen LogP contribution in [-0.2, 0) is 10.0 Å². The van der Waals surface area contributed by atoms with Crippen molar-refractivity contribution in [3.8, 4) is 0 Å². The Bertz CT molecular complexity index is 1070. The molecule has 0 radical (unpaired) electrons. The number of rotatable bonds is 6. The summed E-state index contributed by atoms with van der Waals surface area (Å²) in [4.78, 5) is 12.5. The van der Waals surface area contributed by atoms with Crippen LogP contribution in [0.15, 0.2) is 83.8 Å². The van der Waals surface area contributed by atoms with E-state index >= 15 is 0 Å². The first-order valence-corrected chi connectivity index (χ1v) is 10.5. The maximum atomic E-state index is 12.7. The van der Waals surface area contributed by atoms with E-state index in [1.807, 2.05) is 37.3 Å². The Hall–Kier alpha value is -2.83. The minimum atomic E-state index is -3.94. The standard InChI is InChI=1S/C21H19ClN2O3S/c1-15(16-8-4-2-5-9-16)23-21(25)17-12-13-19(22)20(14-17)28(26,27)24-18-10-6-3-7-11-18/h2-15,24H,1H3,(H,23,25)/t15-/m1/s1. The lowest BCUT2D eigenvalue weighted by atomic mass is 10.1. The van der Waals surface area contributed by atoms with Crippen LogP contribution in [0.4, 0.5) is 5.69 Å². The molecule has 0 aliphatic rings. The van der Waals surface area contributed by atoms with Crippen molar-refractivity contribution < 1.29 is 13.2 Å². The molecular formula is C21H19ClN2O3S. The molecule has 3 aromatic carbocycles. The summed E-state index contributed by atoms with van der Waals surface area (Å²) in [5.41, 5.74) is 1.56. The number of benzene rings is 3. The molecule has 3 rings (SSSR count). The molecule has 1 atom stereocenters. The minimum absolute atomic E-state index is 0.0380. The van der Waals surface area contributed by atoms with Crippen molar-refractivity contribution in [2.24, 2.45) is 0 Å². The number of anilines is 1. The summed E-state index contributed by atoms with van der Waals surface area (Å²) in [5.74, 6) is -0.385. The number of nitrogens with one attached hydrogen (secondary N) is 2. The van der Waals surface area contributed by atoms with Gasteiger partial charge in [-0.3, -0.25) is 9.52 Å². The number of sulfonamides is 1. The quantitative estimate of drug-likeness (QED) is 0.617. The summed E-state index contributed by atoms with van der Waals surface area (Å²) in [7, 11) is -3.94. The van der Waals surface area contributed by atoms with Crippen LogP contribution in [-0.4, -0.2) is 14.3 Å². The Kier molecular flexibility index (Phi) is 6.02. The molecular weight excluding hydrogens is 396 g/mol. The van der Waals surface area contributed by atoms with Gasteiger partial charge in [-0.15, -0.1) is 0 Å². The van der Waals surface area contributed by atoms with Crippen LogP contribution < -0.4 is 10.0 Å². The number of hydrogen-bond acceptors (Lipinski definition) is 3. The molecule has 5 nitrogen and oxygen atoms in total. The van der Waals surface area contributed by atoms with Gasteiger partial charge in [0.05, 0.1) is 11.1 Å². The van der Waals surface area contributed by atoms with Crippen LogP contribution in [0.25, 0.3) is 0 Å². The monoisotopic (exact) mass is 414 g/mol. The highest BCUT2D eigenvalue weighted by molar-refractivity contribution is 7.92. The van der Waals surface area contributed by atoms with E-state index in [0.717, 1.165) is 5.56 Å². The van der Waals surface area contributed by atoms with Gasteiger partial charge < -0.3 is 5.32 Å². The molecule has 144 valence electrons. The molecule has 0 saturated heterocycles. The zero-order valence-corrected chi connectivity index (χ0v) is 16.7. The summed E-state index contributed by atoms with van der Waals surface area (Å²) in [5, 5.41) is 2.90. The van der Waals surface area contributed by atoms with Crippen LogP contribution in [0.3, 0.4) is 0 Å². The van der Waals surface area contributed by atoms with Gasteiger partial charge in [-0.25, -0.2) is 8.42 Å². The number of para-hydroxylation sites is 1. The lowest BCUT2D eigenvalue weighted by Crippen LogP contribution is -2.27. The van der Waals surface area contributed by atoms with Gasteiger partial charge in [0.15, 0.2) is 0 Å². The SMILES string of the molecule is C[C@@H](NC(=O)c1ccc(Cl)c(S(=O)(=O)Nc2ccccc2)c1)c1ccccc1. The zero-order chi connectivity index (χ0) is 20.1. The molecule has 3 aromatic rings. The molecule has 0 heterocycles. The van der Waals surface area contributed by atoms with Crippen molar-refractivity contribution >= 4 is 33.2 Å². The second-order valence-electron chi connectivity index (χ2n) is 6.22. The Morgan fingerprint density at radius 2 is 1.54 bits per heavy atom.